The lowest BCUT2D eigenvalue weighted by Crippen LogP contribution is -2.07. The van der Waals surface area contributed by atoms with Crippen molar-refractivity contribution in [2.45, 2.75) is 11.1 Å². The van der Waals surface area contributed by atoms with Gasteiger partial charge in [-0.15, -0.1) is 11.8 Å². The molecule has 1 aromatic rings. The van der Waals surface area contributed by atoms with Crippen LogP contribution in [0.5, 0.6) is 0 Å². The van der Waals surface area contributed by atoms with Crippen LogP contribution in [0.4, 0.5) is 13.2 Å². The highest BCUT2D eigenvalue weighted by Crippen LogP contribution is 2.34. The standard InChI is InChI=1S/C8H6F3IS/c1-13-5-2-3-7(12)6(4-5)8(9,10)11/h2-4H,1H3. The zero-order valence-corrected chi connectivity index (χ0v) is 9.63. The summed E-state index contributed by atoms with van der Waals surface area (Å²) in [5, 5.41) is 0. The molecule has 0 radical (unpaired) electrons. The molecule has 0 aliphatic heterocycles. The van der Waals surface area contributed by atoms with Crippen LogP contribution in [-0.2, 0) is 6.18 Å². The first-order chi connectivity index (χ1) is 5.95. The maximum atomic E-state index is 12.4. The number of hydrogen-bond acceptors (Lipinski definition) is 1. The molecule has 0 saturated heterocycles. The van der Waals surface area contributed by atoms with Gasteiger partial charge >= 0.3 is 6.18 Å². The van der Waals surface area contributed by atoms with Crippen molar-refractivity contribution in [2.24, 2.45) is 0 Å². The zero-order valence-electron chi connectivity index (χ0n) is 6.65. The van der Waals surface area contributed by atoms with Crippen LogP contribution in [0.15, 0.2) is 23.1 Å². The van der Waals surface area contributed by atoms with Crippen LogP contribution < -0.4 is 0 Å². The van der Waals surface area contributed by atoms with Gasteiger partial charge in [-0.25, -0.2) is 0 Å². The summed E-state index contributed by atoms with van der Waals surface area (Å²) in [6.07, 6.45) is -2.50. The molecule has 0 saturated carbocycles. The molecule has 0 aromatic heterocycles. The van der Waals surface area contributed by atoms with Gasteiger partial charge in [0, 0.05) is 8.47 Å². The van der Waals surface area contributed by atoms with Crippen molar-refractivity contribution in [1.29, 1.82) is 0 Å². The molecule has 0 heterocycles. The second-order valence-electron chi connectivity index (χ2n) is 2.34. The van der Waals surface area contributed by atoms with Gasteiger partial charge in [0.15, 0.2) is 0 Å². The first kappa shape index (κ1) is 11.2. The van der Waals surface area contributed by atoms with Crippen molar-refractivity contribution >= 4 is 34.4 Å². The maximum absolute atomic E-state index is 12.4. The number of hydrogen-bond donors (Lipinski definition) is 0. The van der Waals surface area contributed by atoms with E-state index in [-0.39, 0.29) is 3.57 Å². The Kier molecular flexibility index (Phi) is 3.50. The third kappa shape index (κ3) is 2.77. The molecule has 0 amide bonds. The Bertz CT molecular complexity index is 309. The van der Waals surface area contributed by atoms with E-state index in [1.54, 1.807) is 34.9 Å². The van der Waals surface area contributed by atoms with E-state index in [0.717, 1.165) is 0 Å². The van der Waals surface area contributed by atoms with Gasteiger partial charge in [0.2, 0.25) is 0 Å². The maximum Gasteiger partial charge on any atom is 0.417 e. The van der Waals surface area contributed by atoms with E-state index >= 15 is 0 Å². The lowest BCUT2D eigenvalue weighted by Gasteiger charge is -2.09. The fraction of sp³-hybridized carbons (Fsp3) is 0.250. The van der Waals surface area contributed by atoms with E-state index in [4.69, 9.17) is 0 Å². The lowest BCUT2D eigenvalue weighted by molar-refractivity contribution is -0.138. The highest BCUT2D eigenvalue weighted by atomic mass is 127. The minimum absolute atomic E-state index is 0.239. The quantitative estimate of drug-likeness (QED) is 0.556. The predicted octanol–water partition coefficient (Wildman–Crippen LogP) is 4.03. The van der Waals surface area contributed by atoms with Crippen LogP contribution >= 0.6 is 34.4 Å². The van der Waals surface area contributed by atoms with E-state index in [9.17, 15) is 13.2 Å². The van der Waals surface area contributed by atoms with Crippen LogP contribution in [0, 0.1) is 3.57 Å². The molecule has 0 unspecified atom stereocenters. The molecule has 0 fully saturated rings. The van der Waals surface area contributed by atoms with Gasteiger partial charge in [-0.2, -0.15) is 13.2 Å². The van der Waals surface area contributed by atoms with Crippen LogP contribution in [0.2, 0.25) is 0 Å². The molecule has 0 bridgehead atoms. The lowest BCUT2D eigenvalue weighted by atomic mass is 10.2. The summed E-state index contributed by atoms with van der Waals surface area (Å²) in [6, 6.07) is 4.34. The SMILES string of the molecule is CSc1ccc(I)c(C(F)(F)F)c1. The van der Waals surface area contributed by atoms with Crippen LogP contribution in [-0.4, -0.2) is 6.26 Å². The highest BCUT2D eigenvalue weighted by molar-refractivity contribution is 14.1. The number of thioether (sulfide) groups is 1. The summed E-state index contributed by atoms with van der Waals surface area (Å²) in [6.45, 7) is 0. The molecule has 0 aliphatic rings. The van der Waals surface area contributed by atoms with Crippen LogP contribution in [0.1, 0.15) is 5.56 Å². The summed E-state index contributed by atoms with van der Waals surface area (Å²) in [7, 11) is 0. The Balaban J connectivity index is 3.19. The number of rotatable bonds is 1. The number of halogens is 4. The fourth-order valence-electron chi connectivity index (χ4n) is 0.849. The summed E-state index contributed by atoms with van der Waals surface area (Å²) < 4.78 is 37.3. The van der Waals surface area contributed by atoms with Gasteiger partial charge < -0.3 is 0 Å². The number of alkyl halides is 3. The minimum atomic E-state index is -4.25. The van der Waals surface area contributed by atoms with Crippen molar-refractivity contribution in [3.05, 3.63) is 27.3 Å². The summed E-state index contributed by atoms with van der Waals surface area (Å²) >= 11 is 2.99. The van der Waals surface area contributed by atoms with Gasteiger partial charge in [-0.3, -0.25) is 0 Å². The summed E-state index contributed by atoms with van der Waals surface area (Å²) in [5.74, 6) is 0. The summed E-state index contributed by atoms with van der Waals surface area (Å²) in [5.41, 5.74) is -0.556. The predicted molar refractivity (Wildman–Crippen MR) is 55.9 cm³/mol. The smallest absolute Gasteiger partial charge is 0.166 e. The Morgan fingerprint density at radius 1 is 1.31 bits per heavy atom. The molecule has 1 aromatic carbocycles. The second kappa shape index (κ2) is 4.08. The first-order valence-corrected chi connectivity index (χ1v) is 5.66. The first-order valence-electron chi connectivity index (χ1n) is 3.36. The fourth-order valence-corrected chi connectivity index (χ4v) is 1.93. The molecule has 0 atom stereocenters. The van der Waals surface area contributed by atoms with E-state index in [2.05, 4.69) is 0 Å². The average Bonchev–Trinajstić information content (AvgIpc) is 2.03. The highest BCUT2D eigenvalue weighted by Gasteiger charge is 2.32. The van der Waals surface area contributed by atoms with Crippen molar-refractivity contribution in [2.75, 3.05) is 6.26 Å². The van der Waals surface area contributed by atoms with Crippen molar-refractivity contribution in [3.63, 3.8) is 0 Å². The molecule has 0 spiro atoms. The van der Waals surface area contributed by atoms with Crippen molar-refractivity contribution in [3.8, 4) is 0 Å². The van der Waals surface area contributed by atoms with E-state index in [0.29, 0.717) is 4.90 Å². The zero-order chi connectivity index (χ0) is 10.1. The molecule has 72 valence electrons. The normalized spacial score (nSPS) is 11.8. The van der Waals surface area contributed by atoms with Gasteiger partial charge in [0.05, 0.1) is 5.56 Å². The Labute approximate surface area is 92.0 Å². The van der Waals surface area contributed by atoms with Crippen LogP contribution in [0.3, 0.4) is 0 Å². The second-order valence-corrected chi connectivity index (χ2v) is 4.39. The van der Waals surface area contributed by atoms with Crippen molar-refractivity contribution < 1.29 is 13.2 Å². The summed E-state index contributed by atoms with van der Waals surface area (Å²) in [4.78, 5) is 0.632. The number of benzene rings is 1. The van der Waals surface area contributed by atoms with E-state index < -0.39 is 11.7 Å². The van der Waals surface area contributed by atoms with E-state index in [1.807, 2.05) is 0 Å². The molecular weight excluding hydrogens is 312 g/mol. The Morgan fingerprint density at radius 3 is 2.38 bits per heavy atom. The molecule has 0 aliphatic carbocycles. The van der Waals surface area contributed by atoms with E-state index in [1.165, 1.54) is 23.9 Å². The molecule has 0 N–H and O–H groups in total. The molecule has 13 heavy (non-hydrogen) atoms. The van der Waals surface area contributed by atoms with Gasteiger partial charge in [0.25, 0.3) is 0 Å². The minimum Gasteiger partial charge on any atom is -0.166 e. The Hall–Kier alpha value is 0.0900. The third-order valence-corrected chi connectivity index (χ3v) is 3.14. The molecule has 1 rings (SSSR count). The average molecular weight is 318 g/mol. The van der Waals surface area contributed by atoms with Gasteiger partial charge in [-0.05, 0) is 47.0 Å². The third-order valence-electron chi connectivity index (χ3n) is 1.48. The van der Waals surface area contributed by atoms with Crippen molar-refractivity contribution in [1.82, 2.24) is 0 Å². The van der Waals surface area contributed by atoms with Gasteiger partial charge in [0.1, 0.15) is 0 Å². The largest absolute Gasteiger partial charge is 0.417 e. The molecular formula is C8H6F3IS. The van der Waals surface area contributed by atoms with Gasteiger partial charge in [-0.1, -0.05) is 0 Å². The topological polar surface area (TPSA) is 0 Å². The monoisotopic (exact) mass is 318 g/mol. The van der Waals surface area contributed by atoms with Crippen LogP contribution in [0.25, 0.3) is 0 Å². The molecule has 5 heteroatoms. The molecule has 0 nitrogen and oxygen atoms in total. The Morgan fingerprint density at radius 2 is 1.92 bits per heavy atom.